The topological polar surface area (TPSA) is 55.0 Å². The van der Waals surface area contributed by atoms with Crippen molar-refractivity contribution in [2.24, 2.45) is 0 Å². The lowest BCUT2D eigenvalue weighted by molar-refractivity contribution is 0.399. The Labute approximate surface area is 69.6 Å². The highest BCUT2D eigenvalue weighted by Gasteiger charge is 2.29. The van der Waals surface area contributed by atoms with Crippen molar-refractivity contribution in [2.45, 2.75) is 18.8 Å². The van der Waals surface area contributed by atoms with Crippen LogP contribution in [0.3, 0.4) is 0 Å². The predicted octanol–water partition coefficient (Wildman–Crippen LogP) is 0.656. The van der Waals surface area contributed by atoms with E-state index in [4.69, 9.17) is 4.74 Å². The Morgan fingerprint density at radius 2 is 2.42 bits per heavy atom. The molecule has 1 heterocycles. The third-order valence-corrected chi connectivity index (χ3v) is 2.01. The van der Waals surface area contributed by atoms with E-state index in [0.29, 0.717) is 11.7 Å². The van der Waals surface area contributed by atoms with Crippen LogP contribution in [0.25, 0.3) is 0 Å². The van der Waals surface area contributed by atoms with Gasteiger partial charge in [-0.1, -0.05) is 0 Å². The van der Waals surface area contributed by atoms with E-state index in [1.807, 2.05) is 0 Å². The average molecular weight is 166 g/mol. The second kappa shape index (κ2) is 2.62. The molecular formula is C8H10N2O2. The van der Waals surface area contributed by atoms with Crippen molar-refractivity contribution < 1.29 is 4.74 Å². The molecule has 4 nitrogen and oxygen atoms in total. The summed E-state index contributed by atoms with van der Waals surface area (Å²) in [4.78, 5) is 17.8. The largest absolute Gasteiger partial charge is 0.490 e. The fraction of sp³-hybridized carbons (Fsp3) is 0.500. The summed E-state index contributed by atoms with van der Waals surface area (Å²) in [6.45, 7) is 0. The number of nitrogens with one attached hydrogen (secondary N) is 1. The lowest BCUT2D eigenvalue weighted by Crippen LogP contribution is -2.12. The van der Waals surface area contributed by atoms with Crippen LogP contribution < -0.4 is 10.3 Å². The molecular weight excluding hydrogens is 156 g/mol. The molecule has 2 rings (SSSR count). The van der Waals surface area contributed by atoms with Gasteiger partial charge in [-0.05, 0) is 12.8 Å². The second-order valence-electron chi connectivity index (χ2n) is 2.92. The molecule has 64 valence electrons. The molecule has 4 heteroatoms. The lowest BCUT2D eigenvalue weighted by atomic mass is 10.2. The van der Waals surface area contributed by atoms with Gasteiger partial charge in [-0.2, -0.15) is 0 Å². The number of aromatic nitrogens is 2. The second-order valence-corrected chi connectivity index (χ2v) is 2.92. The Hall–Kier alpha value is -1.32. The van der Waals surface area contributed by atoms with Gasteiger partial charge in [0.25, 0.3) is 5.56 Å². The molecule has 0 bridgehead atoms. The van der Waals surface area contributed by atoms with Crippen molar-refractivity contribution in [2.75, 3.05) is 7.11 Å². The first-order chi connectivity index (χ1) is 5.83. The molecule has 0 aliphatic heterocycles. The number of methoxy groups -OCH3 is 1. The minimum atomic E-state index is -0.186. The van der Waals surface area contributed by atoms with Crippen molar-refractivity contribution in [3.8, 4) is 5.75 Å². The highest BCUT2D eigenvalue weighted by molar-refractivity contribution is 5.29. The Balaban J connectivity index is 2.51. The molecule has 0 radical (unpaired) electrons. The van der Waals surface area contributed by atoms with Crippen molar-refractivity contribution in [1.29, 1.82) is 0 Å². The van der Waals surface area contributed by atoms with E-state index in [1.165, 1.54) is 13.4 Å². The number of hydrogen-bond acceptors (Lipinski definition) is 3. The quantitative estimate of drug-likeness (QED) is 0.702. The molecule has 0 saturated heterocycles. The standard InChI is InChI=1S/C8H10N2O2/c1-12-7-6(5-2-3-5)9-4-10-8(7)11/h4-5H,2-3H2,1H3,(H,9,10,11). The third-order valence-electron chi connectivity index (χ3n) is 2.01. The highest BCUT2D eigenvalue weighted by Crippen LogP contribution is 2.41. The van der Waals surface area contributed by atoms with Crippen LogP contribution >= 0.6 is 0 Å². The lowest BCUT2D eigenvalue weighted by Gasteiger charge is -2.02. The molecule has 1 N–H and O–H groups in total. The van der Waals surface area contributed by atoms with Gasteiger partial charge < -0.3 is 9.72 Å². The van der Waals surface area contributed by atoms with E-state index < -0.39 is 0 Å². The summed E-state index contributed by atoms with van der Waals surface area (Å²) in [5.41, 5.74) is 0.621. The van der Waals surface area contributed by atoms with E-state index in [-0.39, 0.29) is 5.56 Å². The van der Waals surface area contributed by atoms with Gasteiger partial charge in [0, 0.05) is 5.92 Å². The van der Waals surface area contributed by atoms with Crippen LogP contribution in [0.5, 0.6) is 5.75 Å². The third kappa shape index (κ3) is 1.09. The maximum Gasteiger partial charge on any atom is 0.293 e. The zero-order valence-corrected chi connectivity index (χ0v) is 6.83. The van der Waals surface area contributed by atoms with Crippen LogP contribution in [0.15, 0.2) is 11.1 Å². The van der Waals surface area contributed by atoms with Gasteiger partial charge in [0.15, 0.2) is 0 Å². The SMILES string of the molecule is COc1c(C2CC2)nc[nH]c1=O. The maximum absolute atomic E-state index is 11.2. The van der Waals surface area contributed by atoms with E-state index >= 15 is 0 Å². The first-order valence-electron chi connectivity index (χ1n) is 3.94. The van der Waals surface area contributed by atoms with Crippen LogP contribution in [-0.4, -0.2) is 17.1 Å². The Morgan fingerprint density at radius 1 is 1.67 bits per heavy atom. The first kappa shape index (κ1) is 7.34. The molecule has 12 heavy (non-hydrogen) atoms. The monoisotopic (exact) mass is 166 g/mol. The summed E-state index contributed by atoms with van der Waals surface area (Å²) < 4.78 is 4.97. The van der Waals surface area contributed by atoms with Gasteiger partial charge in [-0.15, -0.1) is 0 Å². The summed E-state index contributed by atoms with van der Waals surface area (Å²) in [6.07, 6.45) is 3.66. The van der Waals surface area contributed by atoms with Crippen molar-refractivity contribution in [3.63, 3.8) is 0 Å². The highest BCUT2D eigenvalue weighted by atomic mass is 16.5. The summed E-state index contributed by atoms with van der Waals surface area (Å²) in [5.74, 6) is 0.822. The molecule has 1 aromatic rings. The van der Waals surface area contributed by atoms with Gasteiger partial charge >= 0.3 is 0 Å². The van der Waals surface area contributed by atoms with Gasteiger partial charge in [0.1, 0.15) is 0 Å². The number of rotatable bonds is 2. The number of aromatic amines is 1. The van der Waals surface area contributed by atoms with Crippen LogP contribution in [0.2, 0.25) is 0 Å². The Bertz CT molecular complexity index is 341. The van der Waals surface area contributed by atoms with Crippen LogP contribution in [0.1, 0.15) is 24.5 Å². The van der Waals surface area contributed by atoms with Gasteiger partial charge in [-0.25, -0.2) is 4.98 Å². The molecule has 1 fully saturated rings. The zero-order valence-electron chi connectivity index (χ0n) is 6.83. The average Bonchev–Trinajstić information content (AvgIpc) is 2.86. The Kier molecular flexibility index (Phi) is 1.60. The number of ether oxygens (including phenoxy) is 1. The molecule has 1 aromatic heterocycles. The van der Waals surface area contributed by atoms with E-state index in [1.54, 1.807) is 0 Å². The molecule has 1 aliphatic rings. The van der Waals surface area contributed by atoms with Crippen LogP contribution in [-0.2, 0) is 0 Å². The summed E-state index contributed by atoms with van der Waals surface area (Å²) in [6, 6.07) is 0. The summed E-state index contributed by atoms with van der Waals surface area (Å²) in [5, 5.41) is 0. The minimum Gasteiger partial charge on any atom is -0.490 e. The van der Waals surface area contributed by atoms with Crippen LogP contribution in [0.4, 0.5) is 0 Å². The van der Waals surface area contributed by atoms with E-state index in [9.17, 15) is 4.79 Å². The Morgan fingerprint density at radius 3 is 3.00 bits per heavy atom. The molecule has 1 saturated carbocycles. The number of nitrogens with zero attached hydrogens (tertiary/aromatic N) is 1. The van der Waals surface area contributed by atoms with E-state index in [0.717, 1.165) is 18.5 Å². The molecule has 0 amide bonds. The fourth-order valence-corrected chi connectivity index (χ4v) is 1.25. The summed E-state index contributed by atoms with van der Waals surface area (Å²) >= 11 is 0. The predicted molar refractivity (Wildman–Crippen MR) is 43.4 cm³/mol. The normalized spacial score (nSPS) is 16.1. The zero-order chi connectivity index (χ0) is 8.55. The van der Waals surface area contributed by atoms with Crippen LogP contribution in [0, 0.1) is 0 Å². The molecule has 0 aromatic carbocycles. The van der Waals surface area contributed by atoms with Gasteiger partial charge in [0.05, 0.1) is 19.1 Å². The van der Waals surface area contributed by atoms with Gasteiger partial charge in [0.2, 0.25) is 5.75 Å². The molecule has 1 aliphatic carbocycles. The van der Waals surface area contributed by atoms with Crippen molar-refractivity contribution in [1.82, 2.24) is 9.97 Å². The van der Waals surface area contributed by atoms with Crippen molar-refractivity contribution >= 4 is 0 Å². The maximum atomic E-state index is 11.2. The number of H-pyrrole nitrogens is 1. The summed E-state index contributed by atoms with van der Waals surface area (Å²) in [7, 11) is 1.50. The van der Waals surface area contributed by atoms with E-state index in [2.05, 4.69) is 9.97 Å². The van der Waals surface area contributed by atoms with Gasteiger partial charge in [-0.3, -0.25) is 4.79 Å². The smallest absolute Gasteiger partial charge is 0.293 e. The molecule has 0 atom stereocenters. The van der Waals surface area contributed by atoms with Crippen molar-refractivity contribution in [3.05, 3.63) is 22.4 Å². The molecule has 0 unspecified atom stereocenters. The fourth-order valence-electron chi connectivity index (χ4n) is 1.25. The first-order valence-corrected chi connectivity index (χ1v) is 3.94. The molecule has 0 spiro atoms. The minimum absolute atomic E-state index is 0.186. The number of hydrogen-bond donors (Lipinski definition) is 1.